The molecule has 0 unspecified atom stereocenters. The fourth-order valence-electron chi connectivity index (χ4n) is 3.70. The molecule has 0 atom stereocenters. The van der Waals surface area contributed by atoms with Crippen LogP contribution in [0.25, 0.3) is 0 Å². The minimum absolute atomic E-state index is 1.11. The van der Waals surface area contributed by atoms with E-state index < -0.39 is 0 Å². The van der Waals surface area contributed by atoms with E-state index in [2.05, 4.69) is 52.7 Å². The van der Waals surface area contributed by atoms with E-state index in [9.17, 15) is 0 Å². The molecule has 0 bridgehead atoms. The Morgan fingerprint density at radius 1 is 0.810 bits per heavy atom. The van der Waals surface area contributed by atoms with Gasteiger partial charge in [0.2, 0.25) is 0 Å². The fourth-order valence-corrected chi connectivity index (χ4v) is 3.70. The van der Waals surface area contributed by atoms with E-state index in [1.165, 1.54) is 40.9 Å². The van der Waals surface area contributed by atoms with E-state index in [-0.39, 0.29) is 0 Å². The first-order chi connectivity index (χ1) is 10.4. The molecule has 0 spiro atoms. The Morgan fingerprint density at radius 3 is 2.33 bits per heavy atom. The molecule has 1 N–H and O–H groups in total. The first-order valence-electron chi connectivity index (χ1n) is 8.09. The van der Waals surface area contributed by atoms with E-state index in [4.69, 9.17) is 0 Å². The van der Waals surface area contributed by atoms with Crippen molar-refractivity contribution < 1.29 is 0 Å². The van der Waals surface area contributed by atoms with Crippen LogP contribution in [0.5, 0.6) is 0 Å². The predicted molar refractivity (Wildman–Crippen MR) is 89.3 cm³/mol. The molecule has 2 heterocycles. The maximum atomic E-state index is 3.55. The van der Waals surface area contributed by atoms with Crippen molar-refractivity contribution in [1.82, 2.24) is 0 Å². The van der Waals surface area contributed by atoms with Crippen molar-refractivity contribution >= 4 is 11.4 Å². The summed E-state index contributed by atoms with van der Waals surface area (Å²) in [5.41, 5.74) is 7.38. The number of benzene rings is 2. The zero-order valence-electron chi connectivity index (χ0n) is 12.4. The Balaban J connectivity index is 1.64. The lowest BCUT2D eigenvalue weighted by Crippen LogP contribution is -2.28. The largest absolute Gasteiger partial charge is 0.385 e. The van der Waals surface area contributed by atoms with Gasteiger partial charge in [0.05, 0.1) is 0 Å². The second-order valence-electron chi connectivity index (χ2n) is 6.09. The molecule has 4 rings (SSSR count). The van der Waals surface area contributed by atoms with E-state index in [0.717, 1.165) is 32.5 Å². The van der Waals surface area contributed by atoms with Gasteiger partial charge in [-0.3, -0.25) is 0 Å². The summed E-state index contributed by atoms with van der Waals surface area (Å²) in [6.07, 6.45) is 4.78. The highest BCUT2D eigenvalue weighted by Crippen LogP contribution is 2.32. The third kappa shape index (κ3) is 2.39. The van der Waals surface area contributed by atoms with Crippen LogP contribution in [0.3, 0.4) is 0 Å². The van der Waals surface area contributed by atoms with Gasteiger partial charge in [0.1, 0.15) is 0 Å². The molecule has 0 saturated heterocycles. The van der Waals surface area contributed by atoms with Gasteiger partial charge in [-0.05, 0) is 54.5 Å². The predicted octanol–water partition coefficient (Wildman–Crippen LogP) is 3.65. The van der Waals surface area contributed by atoms with Gasteiger partial charge in [0, 0.05) is 31.0 Å². The topological polar surface area (TPSA) is 15.3 Å². The molecular weight excluding hydrogens is 256 g/mol. The minimum Gasteiger partial charge on any atom is -0.385 e. The van der Waals surface area contributed by atoms with Gasteiger partial charge in [-0.15, -0.1) is 0 Å². The molecular formula is C19H22N2. The standard InChI is InChI=1S/C19H22N2/c1-2-6-16-11-14-21(13-10-15(16)5-1)19-9-3-8-18-17(19)7-4-12-20-18/h1-3,5-6,8-9,20H,4,7,10-14H2. The number of fused-ring (bicyclic) bond motifs is 2. The molecule has 0 aliphatic carbocycles. The molecule has 2 heteroatoms. The summed E-state index contributed by atoms with van der Waals surface area (Å²) in [6.45, 7) is 3.38. The molecule has 2 aliphatic heterocycles. The highest BCUT2D eigenvalue weighted by Gasteiger charge is 2.19. The summed E-state index contributed by atoms with van der Waals surface area (Å²) >= 11 is 0. The lowest BCUT2D eigenvalue weighted by Gasteiger charge is -2.29. The van der Waals surface area contributed by atoms with Crippen molar-refractivity contribution in [2.45, 2.75) is 25.7 Å². The van der Waals surface area contributed by atoms with Crippen molar-refractivity contribution in [3.63, 3.8) is 0 Å². The van der Waals surface area contributed by atoms with Crippen LogP contribution < -0.4 is 10.2 Å². The van der Waals surface area contributed by atoms with E-state index in [1.807, 2.05) is 0 Å². The number of anilines is 2. The molecule has 2 aromatic carbocycles. The number of hydrogen-bond donors (Lipinski definition) is 1. The zero-order chi connectivity index (χ0) is 14.1. The van der Waals surface area contributed by atoms with Gasteiger partial charge in [-0.1, -0.05) is 30.3 Å². The maximum Gasteiger partial charge on any atom is 0.0419 e. The van der Waals surface area contributed by atoms with Crippen LogP contribution >= 0.6 is 0 Å². The van der Waals surface area contributed by atoms with Crippen LogP contribution in [0.1, 0.15) is 23.1 Å². The lowest BCUT2D eigenvalue weighted by atomic mass is 10.0. The summed E-state index contributed by atoms with van der Waals surface area (Å²) in [6, 6.07) is 15.7. The molecule has 2 nitrogen and oxygen atoms in total. The Hall–Kier alpha value is -1.96. The molecule has 2 aromatic rings. The van der Waals surface area contributed by atoms with Gasteiger partial charge in [-0.25, -0.2) is 0 Å². The molecule has 108 valence electrons. The van der Waals surface area contributed by atoms with Gasteiger partial charge in [0.15, 0.2) is 0 Å². The van der Waals surface area contributed by atoms with Crippen LogP contribution in [0.2, 0.25) is 0 Å². The van der Waals surface area contributed by atoms with Crippen molar-refractivity contribution in [3.8, 4) is 0 Å². The normalized spacial score (nSPS) is 17.4. The Labute approximate surface area is 126 Å². The summed E-state index contributed by atoms with van der Waals surface area (Å²) in [7, 11) is 0. The average Bonchev–Trinajstić information content (AvgIpc) is 2.77. The van der Waals surface area contributed by atoms with E-state index >= 15 is 0 Å². The Bertz CT molecular complexity index is 621. The summed E-state index contributed by atoms with van der Waals surface area (Å²) < 4.78 is 0. The van der Waals surface area contributed by atoms with Crippen molar-refractivity contribution in [2.75, 3.05) is 29.9 Å². The lowest BCUT2D eigenvalue weighted by molar-refractivity contribution is 0.778. The maximum absolute atomic E-state index is 3.55. The van der Waals surface area contributed by atoms with Gasteiger partial charge in [-0.2, -0.15) is 0 Å². The van der Waals surface area contributed by atoms with E-state index in [0.29, 0.717) is 0 Å². The van der Waals surface area contributed by atoms with Crippen LogP contribution in [0.4, 0.5) is 11.4 Å². The summed E-state index contributed by atoms with van der Waals surface area (Å²) in [5.74, 6) is 0. The van der Waals surface area contributed by atoms with Gasteiger partial charge >= 0.3 is 0 Å². The van der Waals surface area contributed by atoms with Gasteiger partial charge < -0.3 is 10.2 Å². The molecule has 0 aromatic heterocycles. The second kappa shape index (κ2) is 5.44. The molecule has 0 fully saturated rings. The molecule has 0 radical (unpaired) electrons. The average molecular weight is 278 g/mol. The third-order valence-corrected chi connectivity index (χ3v) is 4.83. The van der Waals surface area contributed by atoms with E-state index in [1.54, 1.807) is 0 Å². The first-order valence-corrected chi connectivity index (χ1v) is 8.09. The molecule has 0 saturated carbocycles. The zero-order valence-corrected chi connectivity index (χ0v) is 12.4. The highest BCUT2D eigenvalue weighted by molar-refractivity contribution is 5.68. The highest BCUT2D eigenvalue weighted by atomic mass is 15.1. The number of rotatable bonds is 1. The second-order valence-corrected chi connectivity index (χ2v) is 6.09. The van der Waals surface area contributed by atoms with Crippen LogP contribution in [0.15, 0.2) is 42.5 Å². The van der Waals surface area contributed by atoms with Gasteiger partial charge in [0.25, 0.3) is 0 Å². The number of nitrogens with zero attached hydrogens (tertiary/aromatic N) is 1. The van der Waals surface area contributed by atoms with Crippen LogP contribution in [0, 0.1) is 0 Å². The van der Waals surface area contributed by atoms with Crippen molar-refractivity contribution in [1.29, 1.82) is 0 Å². The third-order valence-electron chi connectivity index (χ3n) is 4.83. The molecule has 21 heavy (non-hydrogen) atoms. The molecule has 2 aliphatic rings. The fraction of sp³-hybridized carbons (Fsp3) is 0.368. The Morgan fingerprint density at radius 2 is 1.57 bits per heavy atom. The number of hydrogen-bond acceptors (Lipinski definition) is 2. The Kier molecular flexibility index (Phi) is 3.30. The van der Waals surface area contributed by atoms with Crippen molar-refractivity contribution in [3.05, 3.63) is 59.2 Å². The summed E-state index contributed by atoms with van der Waals surface area (Å²) in [5, 5.41) is 3.55. The van der Waals surface area contributed by atoms with Crippen LogP contribution in [-0.2, 0) is 19.3 Å². The van der Waals surface area contributed by atoms with Crippen LogP contribution in [-0.4, -0.2) is 19.6 Å². The summed E-state index contributed by atoms with van der Waals surface area (Å²) in [4.78, 5) is 2.59. The van der Waals surface area contributed by atoms with Crippen molar-refractivity contribution in [2.24, 2.45) is 0 Å². The monoisotopic (exact) mass is 278 g/mol. The SMILES string of the molecule is c1ccc2c(c1)CCN(c1cccc3c1CCCN3)CC2. The smallest absolute Gasteiger partial charge is 0.0419 e. The molecule has 0 amide bonds. The number of nitrogens with one attached hydrogen (secondary N) is 1. The quantitative estimate of drug-likeness (QED) is 0.856. The minimum atomic E-state index is 1.11. The first kappa shape index (κ1) is 12.8.